The molecule has 0 aliphatic rings. The SMILES string of the molecule is c1ccc(-c2nc(-c3cccc4oc5ccccc5c34)nc(-c3ccc(-c4ccc5ccccc5c4)c4oc5cc6cccnc6cc5c34)n2)cc1. The first-order chi connectivity index (χ1) is 25.7. The topological polar surface area (TPSA) is 77.8 Å². The molecule has 4 heterocycles. The molecule has 11 rings (SSSR count). The highest BCUT2D eigenvalue weighted by Crippen LogP contribution is 2.43. The van der Waals surface area contributed by atoms with Gasteiger partial charge in [0.15, 0.2) is 17.5 Å². The zero-order valence-corrected chi connectivity index (χ0v) is 27.6. The van der Waals surface area contributed by atoms with Gasteiger partial charge in [-0.3, -0.25) is 4.98 Å². The average molecular weight is 667 g/mol. The van der Waals surface area contributed by atoms with E-state index in [4.69, 9.17) is 28.8 Å². The quantitative estimate of drug-likeness (QED) is 0.186. The van der Waals surface area contributed by atoms with E-state index >= 15 is 0 Å². The second-order valence-corrected chi connectivity index (χ2v) is 13.0. The summed E-state index contributed by atoms with van der Waals surface area (Å²) in [7, 11) is 0. The molecular weight excluding hydrogens is 641 g/mol. The van der Waals surface area contributed by atoms with E-state index in [2.05, 4.69) is 84.9 Å². The molecular formula is C46H26N4O2. The highest BCUT2D eigenvalue weighted by Gasteiger charge is 2.23. The van der Waals surface area contributed by atoms with Gasteiger partial charge in [-0.05, 0) is 64.9 Å². The number of aromatic nitrogens is 4. The minimum Gasteiger partial charge on any atom is -0.456 e. The second kappa shape index (κ2) is 11.2. The Morgan fingerprint density at radius 3 is 2.02 bits per heavy atom. The summed E-state index contributed by atoms with van der Waals surface area (Å²) in [5.74, 6) is 1.69. The van der Waals surface area contributed by atoms with Crippen molar-refractivity contribution in [1.29, 1.82) is 0 Å². The Bertz CT molecular complexity index is 3200. The molecule has 0 unspecified atom stereocenters. The summed E-state index contributed by atoms with van der Waals surface area (Å²) in [6.45, 7) is 0. The number of fused-ring (bicyclic) bond motifs is 8. The maximum absolute atomic E-state index is 6.83. The molecule has 0 N–H and O–H groups in total. The third-order valence-corrected chi connectivity index (χ3v) is 9.96. The van der Waals surface area contributed by atoms with Crippen molar-refractivity contribution in [2.75, 3.05) is 0 Å². The zero-order chi connectivity index (χ0) is 34.2. The Hall–Kier alpha value is -7.18. The van der Waals surface area contributed by atoms with Crippen LogP contribution >= 0.6 is 0 Å². The van der Waals surface area contributed by atoms with Crippen molar-refractivity contribution in [3.05, 3.63) is 158 Å². The predicted octanol–water partition coefficient (Wildman–Crippen LogP) is 12.0. The minimum absolute atomic E-state index is 0.549. The number of nitrogens with zero attached hydrogens (tertiary/aromatic N) is 4. The van der Waals surface area contributed by atoms with E-state index in [1.54, 1.807) is 0 Å². The first kappa shape index (κ1) is 28.6. The van der Waals surface area contributed by atoms with E-state index in [1.165, 1.54) is 10.8 Å². The predicted molar refractivity (Wildman–Crippen MR) is 209 cm³/mol. The molecule has 6 heteroatoms. The van der Waals surface area contributed by atoms with Crippen molar-refractivity contribution < 1.29 is 8.83 Å². The molecule has 0 saturated carbocycles. The van der Waals surface area contributed by atoms with E-state index in [-0.39, 0.29) is 0 Å². The molecule has 242 valence electrons. The third-order valence-electron chi connectivity index (χ3n) is 9.96. The van der Waals surface area contributed by atoms with Crippen molar-refractivity contribution in [2.24, 2.45) is 0 Å². The van der Waals surface area contributed by atoms with Crippen molar-refractivity contribution >= 4 is 65.6 Å². The first-order valence-electron chi connectivity index (χ1n) is 17.2. The summed E-state index contributed by atoms with van der Waals surface area (Å²) in [6, 6.07) is 51.6. The highest BCUT2D eigenvalue weighted by molar-refractivity contribution is 6.18. The Labute approximate surface area is 296 Å². The maximum atomic E-state index is 6.83. The van der Waals surface area contributed by atoms with Gasteiger partial charge in [0.25, 0.3) is 0 Å². The lowest BCUT2D eigenvalue weighted by molar-refractivity contribution is 0.669. The van der Waals surface area contributed by atoms with E-state index in [0.29, 0.717) is 17.5 Å². The lowest BCUT2D eigenvalue weighted by atomic mass is 9.96. The fraction of sp³-hybridized carbons (Fsp3) is 0. The summed E-state index contributed by atoms with van der Waals surface area (Å²) >= 11 is 0. The Morgan fingerprint density at radius 1 is 0.385 bits per heavy atom. The lowest BCUT2D eigenvalue weighted by Crippen LogP contribution is -2.01. The van der Waals surface area contributed by atoms with Gasteiger partial charge < -0.3 is 8.83 Å². The van der Waals surface area contributed by atoms with Crippen LogP contribution in [0.15, 0.2) is 167 Å². The Kier molecular flexibility index (Phi) is 6.15. The summed E-state index contributed by atoms with van der Waals surface area (Å²) in [5.41, 5.74) is 8.71. The van der Waals surface area contributed by atoms with Crippen LogP contribution in [0.25, 0.3) is 111 Å². The van der Waals surface area contributed by atoms with Crippen molar-refractivity contribution in [3.8, 4) is 45.3 Å². The number of pyridine rings is 1. The van der Waals surface area contributed by atoms with Gasteiger partial charge in [0.1, 0.15) is 22.3 Å². The van der Waals surface area contributed by atoms with Crippen LogP contribution in [0.4, 0.5) is 0 Å². The molecule has 0 spiro atoms. The zero-order valence-electron chi connectivity index (χ0n) is 27.6. The van der Waals surface area contributed by atoms with E-state index in [0.717, 1.165) is 82.6 Å². The van der Waals surface area contributed by atoms with Gasteiger partial charge in [-0.15, -0.1) is 0 Å². The molecule has 0 fully saturated rings. The third kappa shape index (κ3) is 4.44. The molecule has 0 saturated heterocycles. The molecule has 0 atom stereocenters. The van der Waals surface area contributed by atoms with Crippen molar-refractivity contribution in [3.63, 3.8) is 0 Å². The van der Waals surface area contributed by atoms with Crippen LogP contribution in [0, 0.1) is 0 Å². The molecule has 0 bridgehead atoms. The van der Waals surface area contributed by atoms with Crippen LogP contribution in [-0.2, 0) is 0 Å². The van der Waals surface area contributed by atoms with Gasteiger partial charge in [0.05, 0.1) is 5.52 Å². The number of hydrogen-bond acceptors (Lipinski definition) is 6. The molecule has 4 aromatic heterocycles. The number of benzene rings is 7. The van der Waals surface area contributed by atoms with Gasteiger partial charge >= 0.3 is 0 Å². The van der Waals surface area contributed by atoms with Gasteiger partial charge in [-0.25, -0.2) is 15.0 Å². The molecule has 0 aliphatic carbocycles. The summed E-state index contributed by atoms with van der Waals surface area (Å²) in [5, 5.41) is 7.22. The fourth-order valence-corrected chi connectivity index (χ4v) is 7.51. The van der Waals surface area contributed by atoms with Crippen LogP contribution in [0.3, 0.4) is 0 Å². The van der Waals surface area contributed by atoms with Crippen molar-refractivity contribution in [1.82, 2.24) is 19.9 Å². The standard InChI is InChI=1S/C46H26N4O2/c1-2-11-28(12-3-1)44-48-45(34-16-8-18-39-41(34)33-15-6-7-17-38(33)51-39)50-46(49-44)35-22-21-32(30-20-19-27-10-4-5-13-29(27)24-30)43-42(35)36-26-37-31(14-9-23-47-37)25-40(36)52-43/h1-26H. The van der Waals surface area contributed by atoms with Gasteiger partial charge in [-0.1, -0.05) is 103 Å². The van der Waals surface area contributed by atoms with Gasteiger partial charge in [-0.2, -0.15) is 0 Å². The van der Waals surface area contributed by atoms with Crippen LogP contribution in [-0.4, -0.2) is 19.9 Å². The molecule has 0 radical (unpaired) electrons. The van der Waals surface area contributed by atoms with Gasteiger partial charge in [0.2, 0.25) is 0 Å². The molecule has 0 aliphatic heterocycles. The van der Waals surface area contributed by atoms with E-state index < -0.39 is 0 Å². The van der Waals surface area contributed by atoms with E-state index in [9.17, 15) is 0 Å². The normalized spacial score (nSPS) is 11.8. The molecule has 52 heavy (non-hydrogen) atoms. The number of furan rings is 2. The monoisotopic (exact) mass is 666 g/mol. The van der Waals surface area contributed by atoms with Crippen molar-refractivity contribution in [2.45, 2.75) is 0 Å². The molecule has 0 amide bonds. The summed E-state index contributed by atoms with van der Waals surface area (Å²) in [6.07, 6.45) is 1.82. The Balaban J connectivity index is 1.22. The largest absolute Gasteiger partial charge is 0.456 e. The Morgan fingerprint density at radius 2 is 1.12 bits per heavy atom. The first-order valence-corrected chi connectivity index (χ1v) is 17.2. The van der Waals surface area contributed by atoms with Crippen LogP contribution in [0.2, 0.25) is 0 Å². The van der Waals surface area contributed by atoms with E-state index in [1.807, 2.05) is 72.9 Å². The van der Waals surface area contributed by atoms with Crippen LogP contribution < -0.4 is 0 Å². The number of rotatable bonds is 4. The lowest BCUT2D eigenvalue weighted by Gasteiger charge is -2.11. The molecule has 11 aromatic rings. The van der Waals surface area contributed by atoms with Crippen LogP contribution in [0.1, 0.15) is 0 Å². The fourth-order valence-electron chi connectivity index (χ4n) is 7.51. The second-order valence-electron chi connectivity index (χ2n) is 13.0. The number of para-hydroxylation sites is 1. The smallest absolute Gasteiger partial charge is 0.164 e. The molecule has 7 aromatic carbocycles. The highest BCUT2D eigenvalue weighted by atomic mass is 16.3. The average Bonchev–Trinajstić information content (AvgIpc) is 3.78. The summed E-state index contributed by atoms with van der Waals surface area (Å²) in [4.78, 5) is 20.2. The molecule has 6 nitrogen and oxygen atoms in total. The maximum Gasteiger partial charge on any atom is 0.164 e. The van der Waals surface area contributed by atoms with Gasteiger partial charge in [0, 0.05) is 55.4 Å². The summed E-state index contributed by atoms with van der Waals surface area (Å²) < 4.78 is 13.1. The minimum atomic E-state index is 0.549. The number of hydrogen-bond donors (Lipinski definition) is 0. The van der Waals surface area contributed by atoms with Crippen LogP contribution in [0.5, 0.6) is 0 Å².